The molecule has 5 heteroatoms. The molecule has 0 spiro atoms. The van der Waals surface area contributed by atoms with Crippen LogP contribution in [-0.4, -0.2) is 23.7 Å². The van der Waals surface area contributed by atoms with Crippen molar-refractivity contribution < 1.29 is 14.3 Å². The van der Waals surface area contributed by atoms with Gasteiger partial charge in [-0.2, -0.15) is 0 Å². The summed E-state index contributed by atoms with van der Waals surface area (Å²) in [6.07, 6.45) is -0.856. The summed E-state index contributed by atoms with van der Waals surface area (Å²) in [5, 5.41) is 4.93. The number of fused-ring (bicyclic) bond motifs is 1. The third-order valence-electron chi connectivity index (χ3n) is 3.79. The molecule has 0 aliphatic heterocycles. The maximum atomic E-state index is 12.3. The molecular formula is C21H19NO3S. The number of thioether (sulfide) groups is 1. The molecule has 26 heavy (non-hydrogen) atoms. The van der Waals surface area contributed by atoms with Gasteiger partial charge in [0.1, 0.15) is 0 Å². The zero-order chi connectivity index (χ0) is 18.4. The van der Waals surface area contributed by atoms with Crippen molar-refractivity contribution in [1.82, 2.24) is 0 Å². The molecule has 132 valence electrons. The minimum atomic E-state index is -0.856. The number of ether oxygens (including phenoxy) is 1. The third kappa shape index (κ3) is 4.86. The van der Waals surface area contributed by atoms with Gasteiger partial charge >= 0.3 is 5.97 Å². The molecule has 0 aliphatic rings. The average Bonchev–Trinajstić information content (AvgIpc) is 2.67. The minimum absolute atomic E-state index is 0.164. The molecule has 1 atom stereocenters. The van der Waals surface area contributed by atoms with Gasteiger partial charge in [0.2, 0.25) is 0 Å². The van der Waals surface area contributed by atoms with Crippen LogP contribution in [0.1, 0.15) is 6.92 Å². The zero-order valence-corrected chi connectivity index (χ0v) is 15.2. The lowest BCUT2D eigenvalue weighted by molar-refractivity contribution is -0.150. The predicted molar refractivity (Wildman–Crippen MR) is 105 cm³/mol. The van der Waals surface area contributed by atoms with E-state index in [4.69, 9.17) is 4.74 Å². The number of carbonyl (C=O) groups is 2. The van der Waals surface area contributed by atoms with Crippen LogP contribution in [-0.2, 0) is 14.3 Å². The van der Waals surface area contributed by atoms with E-state index in [2.05, 4.69) is 5.32 Å². The molecule has 1 unspecified atom stereocenters. The Labute approximate surface area is 156 Å². The van der Waals surface area contributed by atoms with Crippen molar-refractivity contribution in [3.8, 4) is 0 Å². The van der Waals surface area contributed by atoms with E-state index in [9.17, 15) is 9.59 Å². The third-order valence-corrected chi connectivity index (χ3v) is 4.78. The van der Waals surface area contributed by atoms with Crippen molar-refractivity contribution in [2.75, 3.05) is 11.1 Å². The van der Waals surface area contributed by atoms with Gasteiger partial charge in [-0.1, -0.05) is 48.5 Å². The van der Waals surface area contributed by atoms with Crippen LogP contribution in [0.3, 0.4) is 0 Å². The molecule has 1 amide bonds. The van der Waals surface area contributed by atoms with Gasteiger partial charge in [0.25, 0.3) is 5.91 Å². The van der Waals surface area contributed by atoms with Crippen molar-refractivity contribution in [2.24, 2.45) is 0 Å². The van der Waals surface area contributed by atoms with Crippen LogP contribution in [0.4, 0.5) is 5.69 Å². The fourth-order valence-corrected chi connectivity index (χ4v) is 3.16. The van der Waals surface area contributed by atoms with E-state index in [1.165, 1.54) is 11.8 Å². The Kier molecular flexibility index (Phi) is 5.92. The largest absolute Gasteiger partial charge is 0.452 e. The number of hydrogen-bond acceptors (Lipinski definition) is 4. The van der Waals surface area contributed by atoms with Gasteiger partial charge in [0.15, 0.2) is 6.10 Å². The summed E-state index contributed by atoms with van der Waals surface area (Å²) >= 11 is 1.38. The summed E-state index contributed by atoms with van der Waals surface area (Å²) < 4.78 is 5.22. The van der Waals surface area contributed by atoms with E-state index < -0.39 is 12.1 Å². The number of hydrogen-bond donors (Lipinski definition) is 1. The van der Waals surface area contributed by atoms with E-state index in [1.54, 1.807) is 6.92 Å². The van der Waals surface area contributed by atoms with Crippen LogP contribution in [0.15, 0.2) is 77.7 Å². The van der Waals surface area contributed by atoms with E-state index in [0.717, 1.165) is 15.7 Å². The normalized spacial score (nSPS) is 11.7. The lowest BCUT2D eigenvalue weighted by Crippen LogP contribution is -2.30. The molecular weight excluding hydrogens is 346 g/mol. The van der Waals surface area contributed by atoms with Gasteiger partial charge in [0.05, 0.1) is 5.75 Å². The van der Waals surface area contributed by atoms with E-state index >= 15 is 0 Å². The highest BCUT2D eigenvalue weighted by atomic mass is 32.2. The van der Waals surface area contributed by atoms with Crippen LogP contribution in [0, 0.1) is 0 Å². The van der Waals surface area contributed by atoms with Crippen molar-refractivity contribution in [3.63, 3.8) is 0 Å². The fraction of sp³-hybridized carbons (Fsp3) is 0.143. The molecule has 3 aromatic carbocycles. The predicted octanol–water partition coefficient (Wildman–Crippen LogP) is 4.50. The van der Waals surface area contributed by atoms with Crippen LogP contribution in [0.2, 0.25) is 0 Å². The minimum Gasteiger partial charge on any atom is -0.452 e. The molecule has 3 rings (SSSR count). The molecule has 0 radical (unpaired) electrons. The quantitative estimate of drug-likeness (QED) is 0.516. The van der Waals surface area contributed by atoms with Crippen molar-refractivity contribution in [1.29, 1.82) is 0 Å². The van der Waals surface area contributed by atoms with Gasteiger partial charge in [-0.05, 0) is 42.0 Å². The molecule has 0 aliphatic carbocycles. The molecule has 0 saturated carbocycles. The maximum Gasteiger partial charge on any atom is 0.317 e. The molecule has 0 saturated heterocycles. The van der Waals surface area contributed by atoms with Gasteiger partial charge in [0, 0.05) is 10.6 Å². The molecule has 0 aromatic heterocycles. The lowest BCUT2D eigenvalue weighted by Gasteiger charge is -2.14. The topological polar surface area (TPSA) is 55.4 Å². The smallest absolute Gasteiger partial charge is 0.317 e. The number of rotatable bonds is 6. The highest BCUT2D eigenvalue weighted by molar-refractivity contribution is 8.00. The molecule has 4 nitrogen and oxygen atoms in total. The molecule has 0 heterocycles. The Morgan fingerprint density at radius 3 is 2.42 bits per heavy atom. The fourth-order valence-electron chi connectivity index (χ4n) is 2.45. The van der Waals surface area contributed by atoms with Gasteiger partial charge in [-0.15, -0.1) is 11.8 Å². The van der Waals surface area contributed by atoms with Crippen LogP contribution >= 0.6 is 11.8 Å². The summed E-state index contributed by atoms with van der Waals surface area (Å²) in [5.41, 5.74) is 0.676. The van der Waals surface area contributed by atoms with Crippen LogP contribution < -0.4 is 5.32 Å². The van der Waals surface area contributed by atoms with Crippen LogP contribution in [0.25, 0.3) is 10.8 Å². The Balaban J connectivity index is 1.52. The Morgan fingerprint density at radius 1 is 0.962 bits per heavy atom. The average molecular weight is 365 g/mol. The number of amides is 1. The number of benzene rings is 3. The summed E-state index contributed by atoms with van der Waals surface area (Å²) in [5.74, 6) is -0.601. The first-order chi connectivity index (χ1) is 12.6. The summed E-state index contributed by atoms with van der Waals surface area (Å²) in [6.45, 7) is 1.57. The second kappa shape index (κ2) is 8.54. The molecule has 0 bridgehead atoms. The van der Waals surface area contributed by atoms with Gasteiger partial charge < -0.3 is 10.1 Å². The van der Waals surface area contributed by atoms with E-state index in [-0.39, 0.29) is 11.7 Å². The highest BCUT2D eigenvalue weighted by Crippen LogP contribution is 2.20. The second-order valence-electron chi connectivity index (χ2n) is 5.78. The SMILES string of the molecule is CC(OC(=O)CSc1ccccc1)C(=O)Nc1ccc2ccccc2c1. The zero-order valence-electron chi connectivity index (χ0n) is 14.3. The maximum absolute atomic E-state index is 12.3. The molecule has 1 N–H and O–H groups in total. The van der Waals surface area contributed by atoms with Crippen molar-refractivity contribution >= 4 is 40.1 Å². The van der Waals surface area contributed by atoms with Gasteiger partial charge in [-0.25, -0.2) is 0 Å². The Morgan fingerprint density at radius 2 is 1.65 bits per heavy atom. The van der Waals surface area contributed by atoms with E-state index in [1.807, 2.05) is 72.8 Å². The number of esters is 1. The first-order valence-electron chi connectivity index (χ1n) is 8.29. The van der Waals surface area contributed by atoms with Crippen molar-refractivity contribution in [3.05, 3.63) is 72.8 Å². The first kappa shape index (κ1) is 18.0. The Hall–Kier alpha value is -2.79. The lowest BCUT2D eigenvalue weighted by atomic mass is 10.1. The summed E-state index contributed by atoms with van der Waals surface area (Å²) in [7, 11) is 0. The van der Waals surface area contributed by atoms with Crippen molar-refractivity contribution in [2.45, 2.75) is 17.9 Å². The highest BCUT2D eigenvalue weighted by Gasteiger charge is 2.18. The molecule has 0 fully saturated rings. The summed E-state index contributed by atoms with van der Waals surface area (Å²) in [6, 6.07) is 23.2. The number of nitrogens with one attached hydrogen (secondary N) is 1. The van der Waals surface area contributed by atoms with E-state index in [0.29, 0.717) is 5.69 Å². The number of anilines is 1. The van der Waals surface area contributed by atoms with Crippen LogP contribution in [0.5, 0.6) is 0 Å². The first-order valence-corrected chi connectivity index (χ1v) is 9.27. The number of carbonyl (C=O) groups excluding carboxylic acids is 2. The second-order valence-corrected chi connectivity index (χ2v) is 6.83. The van der Waals surface area contributed by atoms with Gasteiger partial charge in [-0.3, -0.25) is 9.59 Å². The molecule has 3 aromatic rings. The standard InChI is InChI=1S/C21H19NO3S/c1-15(25-20(23)14-26-19-9-3-2-4-10-19)21(24)22-18-12-11-16-7-5-6-8-17(16)13-18/h2-13,15H,14H2,1H3,(H,22,24). The summed E-state index contributed by atoms with van der Waals surface area (Å²) in [4.78, 5) is 25.2. The monoisotopic (exact) mass is 365 g/mol. The Bertz CT molecular complexity index is 911.